The predicted octanol–water partition coefficient (Wildman–Crippen LogP) is 3.14. The van der Waals surface area contributed by atoms with E-state index in [2.05, 4.69) is 54.8 Å². The minimum atomic E-state index is 0.700. The third-order valence-electron chi connectivity index (χ3n) is 4.38. The molecule has 0 saturated heterocycles. The van der Waals surface area contributed by atoms with Crippen LogP contribution in [0.3, 0.4) is 0 Å². The van der Waals surface area contributed by atoms with Crippen LogP contribution in [0.4, 0.5) is 5.69 Å². The van der Waals surface area contributed by atoms with Gasteiger partial charge >= 0.3 is 0 Å². The maximum atomic E-state index is 4.61. The summed E-state index contributed by atoms with van der Waals surface area (Å²) in [6, 6.07) is 10.6. The number of benzene rings is 1. The zero-order chi connectivity index (χ0) is 16.9. The van der Waals surface area contributed by atoms with Gasteiger partial charge in [-0.25, -0.2) is 15.0 Å². The molecule has 0 saturated carbocycles. The summed E-state index contributed by atoms with van der Waals surface area (Å²) in [5, 5.41) is 6.45. The van der Waals surface area contributed by atoms with E-state index < -0.39 is 0 Å². The van der Waals surface area contributed by atoms with Gasteiger partial charge in [-0.15, -0.1) is 11.3 Å². The number of anilines is 1. The second kappa shape index (κ2) is 7.72. The molecule has 0 radical (unpaired) electrons. The standard InChI is InChI=1S/C19H21N5S/c1-2-6-17-15(5-1)7-12-24(17)11-4-8-20-13-16-14-25-19(23-16)18-21-9-3-10-22-18/h1-3,5-6,9-10,14,20H,4,7-8,11-13H2. The van der Waals surface area contributed by atoms with Crippen LogP contribution in [0.2, 0.25) is 0 Å². The number of para-hydroxylation sites is 1. The molecular weight excluding hydrogens is 330 g/mol. The fourth-order valence-corrected chi connectivity index (χ4v) is 3.92. The quantitative estimate of drug-likeness (QED) is 0.663. The van der Waals surface area contributed by atoms with Gasteiger partial charge in [0.25, 0.3) is 0 Å². The molecule has 0 aliphatic carbocycles. The minimum Gasteiger partial charge on any atom is -0.371 e. The summed E-state index contributed by atoms with van der Waals surface area (Å²) < 4.78 is 0. The molecule has 0 fully saturated rings. The lowest BCUT2D eigenvalue weighted by Crippen LogP contribution is -2.25. The first kappa shape index (κ1) is 16.2. The van der Waals surface area contributed by atoms with Gasteiger partial charge in [0.05, 0.1) is 5.69 Å². The zero-order valence-electron chi connectivity index (χ0n) is 14.1. The molecule has 4 rings (SSSR count). The number of nitrogens with zero attached hydrogens (tertiary/aromatic N) is 4. The Labute approximate surface area is 151 Å². The molecule has 1 aliphatic heterocycles. The highest BCUT2D eigenvalue weighted by Crippen LogP contribution is 2.27. The van der Waals surface area contributed by atoms with Crippen LogP contribution in [0.25, 0.3) is 10.8 Å². The average molecular weight is 351 g/mol. The number of hydrogen-bond donors (Lipinski definition) is 1. The smallest absolute Gasteiger partial charge is 0.188 e. The predicted molar refractivity (Wildman–Crippen MR) is 102 cm³/mol. The topological polar surface area (TPSA) is 53.9 Å². The highest BCUT2D eigenvalue weighted by molar-refractivity contribution is 7.13. The summed E-state index contributed by atoms with van der Waals surface area (Å²) in [5.74, 6) is 0.700. The van der Waals surface area contributed by atoms with Crippen molar-refractivity contribution in [2.45, 2.75) is 19.4 Å². The van der Waals surface area contributed by atoms with Gasteiger partial charge in [0.15, 0.2) is 10.8 Å². The van der Waals surface area contributed by atoms with Gasteiger partial charge in [0, 0.05) is 43.1 Å². The van der Waals surface area contributed by atoms with Crippen molar-refractivity contribution in [2.75, 3.05) is 24.5 Å². The van der Waals surface area contributed by atoms with E-state index in [1.165, 1.54) is 17.7 Å². The normalized spacial score (nSPS) is 13.2. The van der Waals surface area contributed by atoms with Crippen LogP contribution in [0.5, 0.6) is 0 Å². The van der Waals surface area contributed by atoms with Crippen LogP contribution in [0, 0.1) is 0 Å². The molecule has 0 amide bonds. The average Bonchev–Trinajstić information content (AvgIpc) is 3.30. The Morgan fingerprint density at radius 3 is 2.92 bits per heavy atom. The maximum Gasteiger partial charge on any atom is 0.188 e. The second-order valence-corrected chi connectivity index (χ2v) is 6.97. The van der Waals surface area contributed by atoms with Crippen molar-refractivity contribution in [3.63, 3.8) is 0 Å². The Bertz CT molecular complexity index is 817. The van der Waals surface area contributed by atoms with Crippen molar-refractivity contribution in [1.29, 1.82) is 0 Å². The van der Waals surface area contributed by atoms with Gasteiger partial charge in [0.2, 0.25) is 0 Å². The summed E-state index contributed by atoms with van der Waals surface area (Å²) in [7, 11) is 0. The van der Waals surface area contributed by atoms with Crippen molar-refractivity contribution < 1.29 is 0 Å². The van der Waals surface area contributed by atoms with Crippen molar-refractivity contribution >= 4 is 17.0 Å². The van der Waals surface area contributed by atoms with Crippen LogP contribution in [0.15, 0.2) is 48.1 Å². The number of rotatable bonds is 7. The number of aromatic nitrogens is 3. The van der Waals surface area contributed by atoms with Crippen molar-refractivity contribution in [3.8, 4) is 10.8 Å². The lowest BCUT2D eigenvalue weighted by atomic mass is 10.2. The van der Waals surface area contributed by atoms with E-state index in [-0.39, 0.29) is 0 Å². The molecule has 25 heavy (non-hydrogen) atoms. The Morgan fingerprint density at radius 2 is 2.00 bits per heavy atom. The van der Waals surface area contributed by atoms with Gasteiger partial charge in [-0.3, -0.25) is 0 Å². The second-order valence-electron chi connectivity index (χ2n) is 6.11. The number of thiazole rings is 1. The fraction of sp³-hybridized carbons (Fsp3) is 0.316. The molecule has 2 aromatic heterocycles. The Kier molecular flexibility index (Phi) is 4.99. The lowest BCUT2D eigenvalue weighted by molar-refractivity contribution is 0.633. The maximum absolute atomic E-state index is 4.61. The first-order valence-corrected chi connectivity index (χ1v) is 9.53. The van der Waals surface area contributed by atoms with Gasteiger partial charge < -0.3 is 10.2 Å². The summed E-state index contributed by atoms with van der Waals surface area (Å²) in [5.41, 5.74) is 3.95. The zero-order valence-corrected chi connectivity index (χ0v) is 14.9. The van der Waals surface area contributed by atoms with E-state index in [9.17, 15) is 0 Å². The van der Waals surface area contributed by atoms with E-state index in [4.69, 9.17) is 0 Å². The summed E-state index contributed by atoms with van der Waals surface area (Å²) in [6.45, 7) is 4.03. The highest BCUT2D eigenvalue weighted by Gasteiger charge is 2.17. The van der Waals surface area contributed by atoms with Crippen LogP contribution >= 0.6 is 11.3 Å². The van der Waals surface area contributed by atoms with Crippen molar-refractivity contribution in [2.24, 2.45) is 0 Å². The van der Waals surface area contributed by atoms with E-state index in [1.807, 2.05) is 6.07 Å². The summed E-state index contributed by atoms with van der Waals surface area (Å²) in [4.78, 5) is 15.6. The molecule has 0 unspecified atom stereocenters. The van der Waals surface area contributed by atoms with Gasteiger partial charge in [0.1, 0.15) is 0 Å². The Morgan fingerprint density at radius 1 is 1.12 bits per heavy atom. The molecule has 0 spiro atoms. The van der Waals surface area contributed by atoms with Crippen LogP contribution < -0.4 is 10.2 Å². The number of hydrogen-bond acceptors (Lipinski definition) is 6. The number of nitrogens with one attached hydrogen (secondary N) is 1. The van der Waals surface area contributed by atoms with E-state index >= 15 is 0 Å². The first-order valence-electron chi connectivity index (χ1n) is 8.65. The molecule has 0 atom stereocenters. The van der Waals surface area contributed by atoms with E-state index in [0.29, 0.717) is 5.82 Å². The molecule has 128 valence electrons. The molecule has 6 heteroatoms. The van der Waals surface area contributed by atoms with Crippen LogP contribution in [-0.4, -0.2) is 34.6 Å². The van der Waals surface area contributed by atoms with Crippen LogP contribution in [-0.2, 0) is 13.0 Å². The van der Waals surface area contributed by atoms with Gasteiger partial charge in [-0.1, -0.05) is 18.2 Å². The molecule has 1 aliphatic rings. The Balaban J connectivity index is 1.21. The highest BCUT2D eigenvalue weighted by atomic mass is 32.1. The fourth-order valence-electron chi connectivity index (χ4n) is 3.15. The van der Waals surface area contributed by atoms with Crippen molar-refractivity contribution in [1.82, 2.24) is 20.3 Å². The molecule has 0 bridgehead atoms. The summed E-state index contributed by atoms with van der Waals surface area (Å²) >= 11 is 1.59. The molecular formula is C19H21N5S. The third-order valence-corrected chi connectivity index (χ3v) is 5.27. The molecule has 1 aromatic carbocycles. The van der Waals surface area contributed by atoms with Crippen LogP contribution in [0.1, 0.15) is 17.7 Å². The SMILES string of the molecule is c1cnc(-c2nc(CNCCCN3CCc4ccccc43)cs2)nc1. The van der Waals surface area contributed by atoms with Gasteiger partial charge in [-0.2, -0.15) is 0 Å². The Hall–Kier alpha value is -2.31. The lowest BCUT2D eigenvalue weighted by Gasteiger charge is -2.19. The minimum absolute atomic E-state index is 0.700. The third kappa shape index (κ3) is 3.86. The van der Waals surface area contributed by atoms with E-state index in [0.717, 1.165) is 43.3 Å². The van der Waals surface area contributed by atoms with Gasteiger partial charge in [-0.05, 0) is 37.1 Å². The van der Waals surface area contributed by atoms with Crippen molar-refractivity contribution in [3.05, 3.63) is 59.4 Å². The number of fused-ring (bicyclic) bond motifs is 1. The molecule has 3 aromatic rings. The summed E-state index contributed by atoms with van der Waals surface area (Å²) in [6.07, 6.45) is 5.80. The molecule has 5 nitrogen and oxygen atoms in total. The van der Waals surface area contributed by atoms with E-state index in [1.54, 1.807) is 23.7 Å². The molecule has 1 N–H and O–H groups in total. The largest absolute Gasteiger partial charge is 0.371 e. The first-order chi connectivity index (χ1) is 12.4. The monoisotopic (exact) mass is 351 g/mol. The molecule has 3 heterocycles.